The lowest BCUT2D eigenvalue weighted by molar-refractivity contribution is -0.138. The minimum atomic E-state index is -0.506. The number of amides is 2. The Labute approximate surface area is 107 Å². The molecule has 0 aromatic carbocycles. The smallest absolute Gasteiger partial charge is 0.246 e. The van der Waals surface area contributed by atoms with Gasteiger partial charge in [-0.05, 0) is 26.7 Å². The van der Waals surface area contributed by atoms with Crippen molar-refractivity contribution in [1.82, 2.24) is 16.0 Å². The van der Waals surface area contributed by atoms with Crippen LogP contribution in [-0.4, -0.2) is 49.2 Å². The van der Waals surface area contributed by atoms with E-state index in [9.17, 15) is 9.59 Å². The van der Waals surface area contributed by atoms with Crippen molar-refractivity contribution in [2.45, 2.75) is 44.4 Å². The highest BCUT2D eigenvalue weighted by atomic mass is 16.5. The summed E-state index contributed by atoms with van der Waals surface area (Å²) in [7, 11) is 0. The Hall–Kier alpha value is -1.14. The van der Waals surface area contributed by atoms with E-state index < -0.39 is 6.04 Å². The van der Waals surface area contributed by atoms with Gasteiger partial charge in [-0.3, -0.25) is 9.59 Å². The fourth-order valence-corrected chi connectivity index (χ4v) is 1.72. The molecule has 1 saturated heterocycles. The largest absolute Gasteiger partial charge is 0.363 e. The molecular formula is C12H21N3O3. The molecule has 0 bridgehead atoms. The van der Waals surface area contributed by atoms with E-state index >= 15 is 0 Å². The van der Waals surface area contributed by atoms with Gasteiger partial charge in [0.2, 0.25) is 11.8 Å². The van der Waals surface area contributed by atoms with Crippen LogP contribution >= 0.6 is 0 Å². The lowest BCUT2D eigenvalue weighted by Gasteiger charge is -2.38. The quantitative estimate of drug-likeness (QED) is 0.577. The highest BCUT2D eigenvalue weighted by Gasteiger charge is 2.33. The molecule has 1 unspecified atom stereocenters. The van der Waals surface area contributed by atoms with E-state index in [4.69, 9.17) is 4.74 Å². The molecule has 2 aliphatic rings. The van der Waals surface area contributed by atoms with Crippen molar-refractivity contribution in [3.05, 3.63) is 0 Å². The van der Waals surface area contributed by atoms with Gasteiger partial charge in [-0.1, -0.05) is 0 Å². The number of hydrogen-bond acceptors (Lipinski definition) is 4. The molecule has 2 amide bonds. The molecule has 6 heteroatoms. The third kappa shape index (κ3) is 3.68. The minimum Gasteiger partial charge on any atom is -0.363 e. The monoisotopic (exact) mass is 255 g/mol. The van der Waals surface area contributed by atoms with Gasteiger partial charge < -0.3 is 20.7 Å². The molecular weight excluding hydrogens is 234 g/mol. The SMILES string of the molecule is CC(NC(=O)COC1(C)CNC1)C(=O)NC1CC1. The van der Waals surface area contributed by atoms with E-state index in [0.29, 0.717) is 6.04 Å². The van der Waals surface area contributed by atoms with Crippen LogP contribution in [0.1, 0.15) is 26.7 Å². The van der Waals surface area contributed by atoms with Crippen LogP contribution in [0.3, 0.4) is 0 Å². The summed E-state index contributed by atoms with van der Waals surface area (Å²) in [6.45, 7) is 5.16. The second-order valence-electron chi connectivity index (χ2n) is 5.41. The van der Waals surface area contributed by atoms with Crippen molar-refractivity contribution < 1.29 is 14.3 Å². The van der Waals surface area contributed by atoms with Crippen molar-refractivity contribution in [2.24, 2.45) is 0 Å². The Balaban J connectivity index is 1.64. The zero-order valence-electron chi connectivity index (χ0n) is 10.9. The lowest BCUT2D eigenvalue weighted by Crippen LogP contribution is -2.60. The zero-order chi connectivity index (χ0) is 13.2. The second-order valence-corrected chi connectivity index (χ2v) is 5.41. The minimum absolute atomic E-state index is 0.000765. The number of hydrogen-bond donors (Lipinski definition) is 3. The van der Waals surface area contributed by atoms with Gasteiger partial charge >= 0.3 is 0 Å². The first kappa shape index (κ1) is 13.3. The maximum Gasteiger partial charge on any atom is 0.246 e. The van der Waals surface area contributed by atoms with Gasteiger partial charge in [0.05, 0.1) is 5.60 Å². The van der Waals surface area contributed by atoms with Crippen LogP contribution in [0.2, 0.25) is 0 Å². The molecule has 1 saturated carbocycles. The maximum absolute atomic E-state index is 11.6. The summed E-state index contributed by atoms with van der Waals surface area (Å²) in [4.78, 5) is 23.2. The molecule has 2 rings (SSSR count). The zero-order valence-corrected chi connectivity index (χ0v) is 10.9. The molecule has 2 fully saturated rings. The first-order valence-corrected chi connectivity index (χ1v) is 6.43. The van der Waals surface area contributed by atoms with E-state index in [1.807, 2.05) is 6.92 Å². The average molecular weight is 255 g/mol. The van der Waals surface area contributed by atoms with Gasteiger partial charge in [0.25, 0.3) is 0 Å². The summed E-state index contributed by atoms with van der Waals surface area (Å²) in [5.74, 6) is -0.371. The van der Waals surface area contributed by atoms with Crippen LogP contribution in [0, 0.1) is 0 Å². The van der Waals surface area contributed by atoms with Crippen LogP contribution < -0.4 is 16.0 Å². The van der Waals surface area contributed by atoms with Crippen LogP contribution in [0.15, 0.2) is 0 Å². The maximum atomic E-state index is 11.6. The molecule has 1 heterocycles. The molecule has 3 N–H and O–H groups in total. The first-order chi connectivity index (χ1) is 8.48. The third-order valence-electron chi connectivity index (χ3n) is 3.24. The molecule has 0 radical (unpaired) electrons. The predicted molar refractivity (Wildman–Crippen MR) is 66.0 cm³/mol. The van der Waals surface area contributed by atoms with Crippen molar-refractivity contribution in [3.8, 4) is 0 Å². The summed E-state index contributed by atoms with van der Waals surface area (Å²) >= 11 is 0. The molecule has 0 aromatic rings. The Bertz CT molecular complexity index is 337. The highest BCUT2D eigenvalue weighted by molar-refractivity contribution is 5.88. The predicted octanol–water partition coefficient (Wildman–Crippen LogP) is -0.852. The van der Waals surface area contributed by atoms with Gasteiger partial charge in [0.1, 0.15) is 12.6 Å². The van der Waals surface area contributed by atoms with Crippen LogP contribution in [0.25, 0.3) is 0 Å². The van der Waals surface area contributed by atoms with Crippen LogP contribution in [-0.2, 0) is 14.3 Å². The van der Waals surface area contributed by atoms with Crippen LogP contribution in [0.5, 0.6) is 0 Å². The Morgan fingerprint density at radius 3 is 2.61 bits per heavy atom. The molecule has 1 aliphatic heterocycles. The van der Waals surface area contributed by atoms with Gasteiger partial charge in [-0.15, -0.1) is 0 Å². The Morgan fingerprint density at radius 2 is 2.11 bits per heavy atom. The summed E-state index contributed by atoms with van der Waals surface area (Å²) in [6, 6.07) is -0.193. The lowest BCUT2D eigenvalue weighted by atomic mass is 10.0. The molecule has 1 atom stereocenters. The summed E-state index contributed by atoms with van der Waals surface area (Å²) < 4.78 is 5.50. The number of carbonyl (C=O) groups is 2. The molecule has 1 aliphatic carbocycles. The standard InChI is InChI=1S/C12H21N3O3/c1-8(11(17)15-9-3-4-9)14-10(16)5-18-12(2)6-13-7-12/h8-9,13H,3-7H2,1-2H3,(H,14,16)(H,15,17). The number of nitrogens with one attached hydrogen (secondary N) is 3. The summed E-state index contributed by atoms with van der Waals surface area (Å²) in [5.41, 5.74) is -0.239. The van der Waals surface area contributed by atoms with E-state index in [-0.39, 0.29) is 24.0 Å². The molecule has 6 nitrogen and oxygen atoms in total. The van der Waals surface area contributed by atoms with E-state index in [1.54, 1.807) is 6.92 Å². The molecule has 102 valence electrons. The normalized spacial score (nSPS) is 22.8. The van der Waals surface area contributed by atoms with Gasteiger partial charge in [0.15, 0.2) is 0 Å². The van der Waals surface area contributed by atoms with Crippen LogP contribution in [0.4, 0.5) is 0 Å². The van der Waals surface area contributed by atoms with E-state index in [0.717, 1.165) is 25.9 Å². The fraction of sp³-hybridized carbons (Fsp3) is 0.833. The van der Waals surface area contributed by atoms with Crippen molar-refractivity contribution in [2.75, 3.05) is 19.7 Å². The summed E-state index contributed by atoms with van der Waals surface area (Å²) in [6.07, 6.45) is 2.09. The van der Waals surface area contributed by atoms with Gasteiger partial charge in [0, 0.05) is 19.1 Å². The third-order valence-corrected chi connectivity index (χ3v) is 3.24. The fourth-order valence-electron chi connectivity index (χ4n) is 1.72. The first-order valence-electron chi connectivity index (χ1n) is 6.43. The van der Waals surface area contributed by atoms with E-state index in [1.165, 1.54) is 0 Å². The molecule has 0 aromatic heterocycles. The Kier molecular flexibility index (Phi) is 3.87. The molecule has 18 heavy (non-hydrogen) atoms. The topological polar surface area (TPSA) is 79.5 Å². The van der Waals surface area contributed by atoms with Crippen molar-refractivity contribution in [3.63, 3.8) is 0 Å². The second kappa shape index (κ2) is 5.24. The molecule has 0 spiro atoms. The van der Waals surface area contributed by atoms with Crippen molar-refractivity contribution >= 4 is 11.8 Å². The Morgan fingerprint density at radius 1 is 1.44 bits per heavy atom. The number of ether oxygens (including phenoxy) is 1. The van der Waals surface area contributed by atoms with Gasteiger partial charge in [-0.2, -0.15) is 0 Å². The highest BCUT2D eigenvalue weighted by Crippen LogP contribution is 2.18. The number of carbonyl (C=O) groups excluding carboxylic acids is 2. The van der Waals surface area contributed by atoms with Gasteiger partial charge in [-0.25, -0.2) is 0 Å². The summed E-state index contributed by atoms with van der Waals surface area (Å²) in [5, 5.41) is 8.58. The average Bonchev–Trinajstić information content (AvgIpc) is 3.07. The van der Waals surface area contributed by atoms with Crippen molar-refractivity contribution in [1.29, 1.82) is 0 Å². The van der Waals surface area contributed by atoms with E-state index in [2.05, 4.69) is 16.0 Å². The number of rotatable bonds is 6.